The number of halogens is 1. The van der Waals surface area contributed by atoms with Gasteiger partial charge in [0.2, 0.25) is 0 Å². The van der Waals surface area contributed by atoms with Crippen molar-refractivity contribution in [1.82, 2.24) is 10.2 Å². The monoisotopic (exact) mass is 363 g/mol. The van der Waals surface area contributed by atoms with Crippen LogP contribution in [0.5, 0.6) is 0 Å². The van der Waals surface area contributed by atoms with Gasteiger partial charge in [-0.1, -0.05) is 23.2 Å². The van der Waals surface area contributed by atoms with Crippen molar-refractivity contribution < 1.29 is 14.3 Å². The number of likely N-dealkylation sites (tertiary alicyclic amines) is 1. The minimum Gasteiger partial charge on any atom is -0.385 e. The molecule has 0 aliphatic carbocycles. The summed E-state index contributed by atoms with van der Waals surface area (Å²) in [7, 11) is 1.65. The average molecular weight is 364 g/mol. The third-order valence-electron chi connectivity index (χ3n) is 4.54. The lowest BCUT2D eigenvalue weighted by atomic mass is 9.94. The molecule has 0 saturated carbocycles. The second-order valence-corrected chi connectivity index (χ2v) is 6.62. The number of ether oxygens (including phenoxy) is 1. The predicted molar refractivity (Wildman–Crippen MR) is 97.7 cm³/mol. The molecule has 25 heavy (non-hydrogen) atoms. The number of carbonyl (C=O) groups excluding carboxylic acids is 2. The van der Waals surface area contributed by atoms with E-state index in [4.69, 9.17) is 16.3 Å². The summed E-state index contributed by atoms with van der Waals surface area (Å²) < 4.78 is 4.97. The first-order valence-corrected chi connectivity index (χ1v) is 8.83. The maximum atomic E-state index is 12.3. The first-order valence-electron chi connectivity index (χ1n) is 8.45. The molecule has 1 aromatic carbocycles. The molecule has 6 nitrogen and oxygen atoms in total. The Kier molecular flexibility index (Phi) is 5.60. The third-order valence-corrected chi connectivity index (χ3v) is 4.77. The van der Waals surface area contributed by atoms with E-state index in [1.807, 2.05) is 6.07 Å². The SMILES string of the molecule is COCCCNC(=O)N1CCC(=C2C(=O)Nc3cc(Cl)ccc32)CC1. The molecule has 134 valence electrons. The summed E-state index contributed by atoms with van der Waals surface area (Å²) >= 11 is 5.99. The van der Waals surface area contributed by atoms with Crippen LogP contribution in [0.3, 0.4) is 0 Å². The molecule has 0 spiro atoms. The Bertz CT molecular complexity index is 708. The van der Waals surface area contributed by atoms with E-state index in [2.05, 4.69) is 10.6 Å². The summed E-state index contributed by atoms with van der Waals surface area (Å²) in [6.45, 7) is 2.47. The molecule has 0 bridgehead atoms. The van der Waals surface area contributed by atoms with E-state index in [1.165, 1.54) is 0 Å². The summed E-state index contributed by atoms with van der Waals surface area (Å²) in [4.78, 5) is 26.3. The van der Waals surface area contributed by atoms with Crippen molar-refractivity contribution in [2.24, 2.45) is 0 Å². The topological polar surface area (TPSA) is 70.7 Å². The van der Waals surface area contributed by atoms with Crippen LogP contribution in [0.25, 0.3) is 5.57 Å². The summed E-state index contributed by atoms with van der Waals surface area (Å²) in [5.74, 6) is -0.0790. The van der Waals surface area contributed by atoms with Gasteiger partial charge in [0.05, 0.1) is 5.69 Å². The molecule has 1 fully saturated rings. The van der Waals surface area contributed by atoms with Gasteiger partial charge in [0.15, 0.2) is 0 Å². The molecule has 2 aliphatic rings. The van der Waals surface area contributed by atoms with Crippen LogP contribution in [-0.2, 0) is 9.53 Å². The number of piperidine rings is 1. The highest BCUT2D eigenvalue weighted by Gasteiger charge is 2.29. The number of hydrogen-bond acceptors (Lipinski definition) is 3. The number of nitrogens with one attached hydrogen (secondary N) is 2. The Labute approximate surface area is 152 Å². The van der Waals surface area contributed by atoms with Gasteiger partial charge in [-0.05, 0) is 31.4 Å². The van der Waals surface area contributed by atoms with Crippen LogP contribution in [0.1, 0.15) is 24.8 Å². The third kappa shape index (κ3) is 3.96. The fraction of sp³-hybridized carbons (Fsp3) is 0.444. The Morgan fingerprint density at radius 3 is 2.84 bits per heavy atom. The van der Waals surface area contributed by atoms with Crippen LogP contribution in [0, 0.1) is 0 Å². The molecule has 2 heterocycles. The number of urea groups is 1. The molecule has 1 aromatic rings. The second kappa shape index (κ2) is 7.89. The molecule has 2 aliphatic heterocycles. The van der Waals surface area contributed by atoms with Crippen LogP contribution in [0.15, 0.2) is 23.8 Å². The van der Waals surface area contributed by atoms with Crippen LogP contribution in [-0.4, -0.2) is 50.2 Å². The zero-order valence-corrected chi connectivity index (χ0v) is 15.0. The smallest absolute Gasteiger partial charge is 0.317 e. The van der Waals surface area contributed by atoms with Crippen LogP contribution < -0.4 is 10.6 Å². The van der Waals surface area contributed by atoms with Gasteiger partial charge < -0.3 is 20.3 Å². The van der Waals surface area contributed by atoms with Crippen molar-refractivity contribution in [2.75, 3.05) is 38.7 Å². The maximum absolute atomic E-state index is 12.3. The molecule has 1 saturated heterocycles. The van der Waals surface area contributed by atoms with Crippen molar-refractivity contribution in [3.63, 3.8) is 0 Å². The first-order chi connectivity index (χ1) is 12.1. The lowest BCUT2D eigenvalue weighted by Gasteiger charge is -2.29. The molecule has 2 N–H and O–H groups in total. The number of hydrogen-bond donors (Lipinski definition) is 2. The van der Waals surface area contributed by atoms with Crippen molar-refractivity contribution in [3.05, 3.63) is 34.4 Å². The Balaban J connectivity index is 1.63. The molecule has 3 rings (SSSR count). The van der Waals surface area contributed by atoms with E-state index in [1.54, 1.807) is 24.1 Å². The number of methoxy groups -OCH3 is 1. The number of benzene rings is 1. The molecule has 3 amide bonds. The Morgan fingerprint density at radius 2 is 2.12 bits per heavy atom. The highest BCUT2D eigenvalue weighted by molar-refractivity contribution is 6.34. The fourth-order valence-electron chi connectivity index (χ4n) is 3.25. The van der Waals surface area contributed by atoms with E-state index in [0.29, 0.717) is 44.1 Å². The number of rotatable bonds is 4. The molecule has 7 heteroatoms. The van der Waals surface area contributed by atoms with Gasteiger partial charge in [0.25, 0.3) is 5.91 Å². The number of nitrogens with zero attached hydrogens (tertiary/aromatic N) is 1. The van der Waals surface area contributed by atoms with Gasteiger partial charge >= 0.3 is 6.03 Å². The maximum Gasteiger partial charge on any atom is 0.317 e. The number of anilines is 1. The molecule has 0 aromatic heterocycles. The van der Waals surface area contributed by atoms with Crippen LogP contribution in [0.2, 0.25) is 5.02 Å². The lowest BCUT2D eigenvalue weighted by Crippen LogP contribution is -2.43. The molecule has 0 radical (unpaired) electrons. The zero-order valence-electron chi connectivity index (χ0n) is 14.2. The first kappa shape index (κ1) is 17.8. The molecular formula is C18H22ClN3O3. The van der Waals surface area contributed by atoms with Gasteiger partial charge in [-0.3, -0.25) is 4.79 Å². The summed E-state index contributed by atoms with van der Waals surface area (Å²) in [5.41, 5.74) is 3.51. The Morgan fingerprint density at radius 1 is 1.36 bits per heavy atom. The molecular weight excluding hydrogens is 342 g/mol. The van der Waals surface area contributed by atoms with Crippen molar-refractivity contribution >= 4 is 34.8 Å². The number of fused-ring (bicyclic) bond motifs is 1. The van der Waals surface area contributed by atoms with Gasteiger partial charge in [0, 0.05) is 49.5 Å². The van der Waals surface area contributed by atoms with E-state index >= 15 is 0 Å². The zero-order chi connectivity index (χ0) is 17.8. The van der Waals surface area contributed by atoms with Gasteiger partial charge in [0.1, 0.15) is 0 Å². The summed E-state index contributed by atoms with van der Waals surface area (Å²) in [5, 5.41) is 6.37. The van der Waals surface area contributed by atoms with E-state index in [0.717, 1.165) is 28.8 Å². The normalized spacial score (nSPS) is 16.7. The predicted octanol–water partition coefficient (Wildman–Crippen LogP) is 2.89. The van der Waals surface area contributed by atoms with Gasteiger partial charge in [-0.15, -0.1) is 0 Å². The standard InChI is InChI=1S/C18H22ClN3O3/c1-25-10-2-7-20-18(24)22-8-5-12(6-9-22)16-14-4-3-13(19)11-15(14)21-17(16)23/h3-4,11H,2,5-10H2,1H3,(H,20,24)(H,21,23). The minimum atomic E-state index is -0.0790. The summed E-state index contributed by atoms with van der Waals surface area (Å²) in [6.07, 6.45) is 2.21. The highest BCUT2D eigenvalue weighted by Crippen LogP contribution is 2.38. The fourth-order valence-corrected chi connectivity index (χ4v) is 3.42. The largest absolute Gasteiger partial charge is 0.385 e. The van der Waals surface area contributed by atoms with Gasteiger partial charge in [-0.25, -0.2) is 4.79 Å². The minimum absolute atomic E-state index is 0.0526. The van der Waals surface area contributed by atoms with Crippen LogP contribution >= 0.6 is 11.6 Å². The van der Waals surface area contributed by atoms with E-state index in [-0.39, 0.29) is 11.9 Å². The van der Waals surface area contributed by atoms with Crippen LogP contribution in [0.4, 0.5) is 10.5 Å². The number of amides is 3. The number of carbonyl (C=O) groups is 2. The molecule has 0 unspecified atom stereocenters. The lowest BCUT2D eigenvalue weighted by molar-refractivity contribution is -0.110. The van der Waals surface area contributed by atoms with Gasteiger partial charge in [-0.2, -0.15) is 0 Å². The van der Waals surface area contributed by atoms with Crippen molar-refractivity contribution in [3.8, 4) is 0 Å². The van der Waals surface area contributed by atoms with Crippen molar-refractivity contribution in [1.29, 1.82) is 0 Å². The molecule has 0 atom stereocenters. The quantitative estimate of drug-likeness (QED) is 0.638. The average Bonchev–Trinajstić information content (AvgIpc) is 2.93. The summed E-state index contributed by atoms with van der Waals surface area (Å²) in [6, 6.07) is 5.39. The van der Waals surface area contributed by atoms with Crippen molar-refractivity contribution in [2.45, 2.75) is 19.3 Å². The van der Waals surface area contributed by atoms with E-state index < -0.39 is 0 Å². The Hall–Kier alpha value is -2.05. The second-order valence-electron chi connectivity index (χ2n) is 6.19. The highest BCUT2D eigenvalue weighted by atomic mass is 35.5. The van der Waals surface area contributed by atoms with E-state index in [9.17, 15) is 9.59 Å².